The van der Waals surface area contributed by atoms with E-state index in [1.54, 1.807) is 5.56 Å². The molecule has 0 fully saturated rings. The Bertz CT molecular complexity index is 599. The van der Waals surface area contributed by atoms with Gasteiger partial charge in [-0.1, -0.05) is 25.1 Å². The zero-order valence-electron chi connectivity index (χ0n) is 12.3. The number of aromatic nitrogens is 1. The van der Waals surface area contributed by atoms with Gasteiger partial charge in [0.05, 0.1) is 12.6 Å². The third-order valence-electron chi connectivity index (χ3n) is 4.53. The van der Waals surface area contributed by atoms with Crippen LogP contribution in [0.4, 0.5) is 0 Å². The first kappa shape index (κ1) is 12.7. The van der Waals surface area contributed by atoms with Gasteiger partial charge in [0, 0.05) is 42.8 Å². The van der Waals surface area contributed by atoms with Crippen molar-refractivity contribution in [2.45, 2.75) is 39.4 Å². The number of para-hydroxylation sites is 1. The molecule has 0 saturated heterocycles. The van der Waals surface area contributed by atoms with Crippen molar-refractivity contribution in [3.8, 4) is 0 Å². The normalized spacial score (nSPS) is 20.9. The molecule has 3 rings (SSSR count). The molecule has 0 spiro atoms. The lowest BCUT2D eigenvalue weighted by molar-refractivity contribution is -0.0392. The number of benzene rings is 1. The van der Waals surface area contributed by atoms with Crippen LogP contribution in [0, 0.1) is 0 Å². The van der Waals surface area contributed by atoms with Crippen LogP contribution in [0.2, 0.25) is 0 Å². The van der Waals surface area contributed by atoms with Crippen molar-refractivity contribution >= 4 is 10.9 Å². The standard InChI is InChI=1S/C16H23N3/c1-5-13-16-12-9-7-8-10-14(12)19(6-2)15(16)11-17(3)18(13)4/h7-10,13H,5-6,11H2,1-4H3. The van der Waals surface area contributed by atoms with E-state index in [0.29, 0.717) is 6.04 Å². The summed E-state index contributed by atoms with van der Waals surface area (Å²) in [5, 5.41) is 6.15. The second kappa shape index (κ2) is 4.66. The lowest BCUT2D eigenvalue weighted by Gasteiger charge is -2.40. The molecule has 1 aromatic heterocycles. The first-order chi connectivity index (χ1) is 9.19. The van der Waals surface area contributed by atoms with Crippen LogP contribution < -0.4 is 0 Å². The molecule has 0 N–H and O–H groups in total. The molecule has 0 saturated carbocycles. The lowest BCUT2D eigenvalue weighted by atomic mass is 9.98. The molecule has 0 amide bonds. The van der Waals surface area contributed by atoms with E-state index in [1.165, 1.54) is 16.6 Å². The topological polar surface area (TPSA) is 11.4 Å². The Labute approximate surface area is 115 Å². The van der Waals surface area contributed by atoms with Gasteiger partial charge in [0.15, 0.2) is 0 Å². The summed E-state index contributed by atoms with van der Waals surface area (Å²) in [6, 6.07) is 9.33. The van der Waals surface area contributed by atoms with E-state index in [9.17, 15) is 0 Å². The monoisotopic (exact) mass is 257 g/mol. The summed E-state index contributed by atoms with van der Waals surface area (Å²) in [4.78, 5) is 0. The third-order valence-corrected chi connectivity index (χ3v) is 4.53. The Kier molecular flexibility index (Phi) is 3.11. The summed E-state index contributed by atoms with van der Waals surface area (Å²) in [5.41, 5.74) is 4.42. The Hall–Kier alpha value is -1.32. The van der Waals surface area contributed by atoms with Crippen molar-refractivity contribution in [3.63, 3.8) is 0 Å². The highest BCUT2D eigenvalue weighted by atomic mass is 15.6. The Morgan fingerprint density at radius 2 is 1.89 bits per heavy atom. The van der Waals surface area contributed by atoms with Crippen molar-refractivity contribution in [1.82, 2.24) is 14.6 Å². The van der Waals surface area contributed by atoms with Crippen LogP contribution in [0.3, 0.4) is 0 Å². The van der Waals surface area contributed by atoms with E-state index in [-0.39, 0.29) is 0 Å². The third kappa shape index (κ3) is 1.72. The number of rotatable bonds is 2. The number of hydrogen-bond donors (Lipinski definition) is 0. The predicted molar refractivity (Wildman–Crippen MR) is 79.9 cm³/mol. The van der Waals surface area contributed by atoms with Crippen molar-refractivity contribution in [1.29, 1.82) is 0 Å². The van der Waals surface area contributed by atoms with Gasteiger partial charge in [0.2, 0.25) is 0 Å². The quantitative estimate of drug-likeness (QED) is 0.817. The summed E-state index contributed by atoms with van der Waals surface area (Å²) in [6.07, 6.45) is 1.14. The van der Waals surface area contributed by atoms with Gasteiger partial charge in [-0.15, -0.1) is 0 Å². The zero-order chi connectivity index (χ0) is 13.6. The van der Waals surface area contributed by atoms with Crippen LogP contribution in [0.15, 0.2) is 24.3 Å². The van der Waals surface area contributed by atoms with Gasteiger partial charge in [-0.2, -0.15) is 0 Å². The molecule has 3 nitrogen and oxygen atoms in total. The van der Waals surface area contributed by atoms with Crippen LogP contribution in [-0.2, 0) is 13.1 Å². The Morgan fingerprint density at radius 3 is 2.58 bits per heavy atom. The van der Waals surface area contributed by atoms with Gasteiger partial charge in [0.25, 0.3) is 0 Å². The molecule has 102 valence electrons. The van der Waals surface area contributed by atoms with Crippen molar-refractivity contribution in [2.75, 3.05) is 14.1 Å². The fourth-order valence-corrected chi connectivity index (χ4v) is 3.51. The molecular weight excluding hydrogens is 234 g/mol. The average molecular weight is 257 g/mol. The van der Waals surface area contributed by atoms with Gasteiger partial charge in [-0.05, 0) is 19.4 Å². The maximum Gasteiger partial charge on any atom is 0.0538 e. The zero-order valence-corrected chi connectivity index (χ0v) is 12.3. The average Bonchev–Trinajstić information content (AvgIpc) is 2.73. The summed E-state index contributed by atoms with van der Waals surface area (Å²) >= 11 is 0. The van der Waals surface area contributed by atoms with Crippen LogP contribution in [0.5, 0.6) is 0 Å². The summed E-state index contributed by atoms with van der Waals surface area (Å²) in [6.45, 7) is 6.57. The predicted octanol–water partition coefficient (Wildman–Crippen LogP) is 3.40. The molecule has 0 radical (unpaired) electrons. The van der Waals surface area contributed by atoms with E-state index < -0.39 is 0 Å². The number of hydrogen-bond acceptors (Lipinski definition) is 2. The minimum Gasteiger partial charge on any atom is -0.343 e. The first-order valence-corrected chi connectivity index (χ1v) is 7.22. The summed E-state index contributed by atoms with van der Waals surface area (Å²) < 4.78 is 2.48. The summed E-state index contributed by atoms with van der Waals surface area (Å²) in [7, 11) is 4.39. The number of hydrazine groups is 1. The van der Waals surface area contributed by atoms with Crippen LogP contribution >= 0.6 is 0 Å². The molecule has 1 aliphatic heterocycles. The van der Waals surface area contributed by atoms with Crippen LogP contribution in [0.1, 0.15) is 37.6 Å². The molecule has 0 bridgehead atoms. The van der Waals surface area contributed by atoms with Crippen molar-refractivity contribution in [2.24, 2.45) is 0 Å². The Balaban J connectivity index is 2.32. The smallest absolute Gasteiger partial charge is 0.0538 e. The number of nitrogens with zero attached hydrogens (tertiary/aromatic N) is 3. The van der Waals surface area contributed by atoms with E-state index in [4.69, 9.17) is 0 Å². The van der Waals surface area contributed by atoms with E-state index in [1.807, 2.05) is 0 Å². The molecule has 0 aliphatic carbocycles. The second-order valence-electron chi connectivity index (χ2n) is 5.44. The fraction of sp³-hybridized carbons (Fsp3) is 0.500. The van der Waals surface area contributed by atoms with E-state index in [0.717, 1.165) is 19.5 Å². The lowest BCUT2D eigenvalue weighted by Crippen LogP contribution is -2.43. The van der Waals surface area contributed by atoms with E-state index >= 15 is 0 Å². The van der Waals surface area contributed by atoms with Gasteiger partial charge >= 0.3 is 0 Å². The SMILES string of the molecule is CCC1c2c(n(CC)c3ccccc23)CN(C)N1C. The molecule has 2 aromatic rings. The highest BCUT2D eigenvalue weighted by molar-refractivity contribution is 5.86. The molecule has 1 aliphatic rings. The summed E-state index contributed by atoms with van der Waals surface area (Å²) in [5.74, 6) is 0. The molecule has 19 heavy (non-hydrogen) atoms. The molecule has 1 aromatic carbocycles. The number of fused-ring (bicyclic) bond motifs is 3. The maximum absolute atomic E-state index is 2.48. The van der Waals surface area contributed by atoms with Gasteiger partial charge in [0.1, 0.15) is 0 Å². The molecular formula is C16H23N3. The highest BCUT2D eigenvalue weighted by Crippen LogP contribution is 2.39. The molecule has 1 unspecified atom stereocenters. The highest BCUT2D eigenvalue weighted by Gasteiger charge is 2.31. The Morgan fingerprint density at radius 1 is 1.16 bits per heavy atom. The van der Waals surface area contributed by atoms with Crippen LogP contribution in [-0.4, -0.2) is 28.7 Å². The second-order valence-corrected chi connectivity index (χ2v) is 5.44. The van der Waals surface area contributed by atoms with E-state index in [2.05, 4.69) is 66.8 Å². The van der Waals surface area contributed by atoms with Gasteiger partial charge < -0.3 is 4.57 Å². The largest absolute Gasteiger partial charge is 0.343 e. The molecule has 1 atom stereocenters. The van der Waals surface area contributed by atoms with Crippen LogP contribution in [0.25, 0.3) is 10.9 Å². The van der Waals surface area contributed by atoms with Gasteiger partial charge in [-0.3, -0.25) is 0 Å². The molecule has 2 heterocycles. The molecule has 3 heteroatoms. The minimum atomic E-state index is 0.492. The maximum atomic E-state index is 2.48. The first-order valence-electron chi connectivity index (χ1n) is 7.22. The minimum absolute atomic E-state index is 0.492. The number of aryl methyl sites for hydroxylation is 1. The van der Waals surface area contributed by atoms with Crippen molar-refractivity contribution in [3.05, 3.63) is 35.5 Å². The van der Waals surface area contributed by atoms with Gasteiger partial charge in [-0.25, -0.2) is 10.0 Å². The van der Waals surface area contributed by atoms with Crippen molar-refractivity contribution < 1.29 is 0 Å². The fourth-order valence-electron chi connectivity index (χ4n) is 3.51.